The maximum Gasteiger partial charge on any atom is 0.0345 e. The molecule has 1 unspecified atom stereocenters. The molecular formula is C19H25N. The fourth-order valence-electron chi connectivity index (χ4n) is 2.93. The zero-order chi connectivity index (χ0) is 14.4. The van der Waals surface area contributed by atoms with Gasteiger partial charge in [0, 0.05) is 6.04 Å². The van der Waals surface area contributed by atoms with E-state index in [1.54, 1.807) is 0 Å². The van der Waals surface area contributed by atoms with Gasteiger partial charge in [-0.2, -0.15) is 0 Å². The Bertz CT molecular complexity index is 514. The lowest BCUT2D eigenvalue weighted by Crippen LogP contribution is -2.28. The minimum absolute atomic E-state index is 0.522. The van der Waals surface area contributed by atoms with Crippen LogP contribution >= 0.6 is 0 Å². The van der Waals surface area contributed by atoms with Gasteiger partial charge in [0.1, 0.15) is 0 Å². The van der Waals surface area contributed by atoms with E-state index in [9.17, 15) is 0 Å². The summed E-state index contributed by atoms with van der Waals surface area (Å²) in [6, 6.07) is 20.1. The third-order valence-electron chi connectivity index (χ3n) is 4.02. The first-order chi connectivity index (χ1) is 9.80. The van der Waals surface area contributed by atoms with Crippen molar-refractivity contribution in [2.75, 3.05) is 13.1 Å². The Morgan fingerprint density at radius 1 is 0.800 bits per heavy atom. The minimum atomic E-state index is 0.522. The Labute approximate surface area is 123 Å². The molecule has 0 amide bonds. The van der Waals surface area contributed by atoms with Gasteiger partial charge in [-0.05, 0) is 42.3 Å². The number of rotatable bonds is 6. The van der Waals surface area contributed by atoms with Crippen LogP contribution in [0.1, 0.15) is 38.8 Å². The number of benzene rings is 2. The predicted molar refractivity (Wildman–Crippen MR) is 87.8 cm³/mol. The summed E-state index contributed by atoms with van der Waals surface area (Å²) in [6.45, 7) is 8.97. The highest BCUT2D eigenvalue weighted by molar-refractivity contribution is 5.64. The average molecular weight is 267 g/mol. The molecule has 106 valence electrons. The van der Waals surface area contributed by atoms with Gasteiger partial charge in [0.2, 0.25) is 0 Å². The van der Waals surface area contributed by atoms with Crippen LogP contribution in [0.2, 0.25) is 0 Å². The molecule has 0 N–H and O–H groups in total. The third-order valence-corrected chi connectivity index (χ3v) is 4.02. The van der Waals surface area contributed by atoms with Crippen molar-refractivity contribution in [2.45, 2.75) is 33.2 Å². The number of nitrogens with zero attached hydrogens (tertiary/aromatic N) is 1. The first-order valence-corrected chi connectivity index (χ1v) is 7.69. The second-order valence-electron chi connectivity index (χ2n) is 5.14. The molecular weight excluding hydrogens is 242 g/mol. The fraction of sp³-hybridized carbons (Fsp3) is 0.368. The zero-order valence-electron chi connectivity index (χ0n) is 12.8. The van der Waals surface area contributed by atoms with Crippen LogP contribution in [0.5, 0.6) is 0 Å². The molecule has 1 nitrogen and oxygen atoms in total. The predicted octanol–water partition coefficient (Wildman–Crippen LogP) is 5.15. The second-order valence-corrected chi connectivity index (χ2v) is 5.14. The van der Waals surface area contributed by atoms with E-state index in [4.69, 9.17) is 0 Å². The van der Waals surface area contributed by atoms with Gasteiger partial charge in [0.05, 0.1) is 0 Å². The zero-order valence-corrected chi connectivity index (χ0v) is 12.8. The largest absolute Gasteiger partial charge is 0.297 e. The maximum absolute atomic E-state index is 2.53. The van der Waals surface area contributed by atoms with Crippen LogP contribution in [-0.4, -0.2) is 18.0 Å². The van der Waals surface area contributed by atoms with E-state index in [2.05, 4.69) is 80.3 Å². The van der Waals surface area contributed by atoms with Crippen LogP contribution in [0.3, 0.4) is 0 Å². The summed E-state index contributed by atoms with van der Waals surface area (Å²) in [5, 5.41) is 0. The standard InChI is InChI=1S/C19H25N/c1-4-19(20(5-2)6-3)18-14-10-13-17(15-18)16-11-8-7-9-12-16/h7-15,19H,4-6H2,1-3H3. The Balaban J connectivity index is 2.33. The van der Waals surface area contributed by atoms with Gasteiger partial charge in [-0.3, -0.25) is 4.90 Å². The van der Waals surface area contributed by atoms with E-state index in [0.29, 0.717) is 6.04 Å². The lowest BCUT2D eigenvalue weighted by atomic mass is 9.97. The Morgan fingerprint density at radius 3 is 2.05 bits per heavy atom. The SMILES string of the molecule is CCC(c1cccc(-c2ccccc2)c1)N(CC)CC. The lowest BCUT2D eigenvalue weighted by Gasteiger charge is -2.29. The molecule has 0 radical (unpaired) electrons. The highest BCUT2D eigenvalue weighted by atomic mass is 15.1. The molecule has 2 aromatic carbocycles. The molecule has 0 fully saturated rings. The molecule has 0 aliphatic rings. The second kappa shape index (κ2) is 7.25. The topological polar surface area (TPSA) is 3.24 Å². The van der Waals surface area contributed by atoms with E-state index in [1.807, 2.05) is 0 Å². The van der Waals surface area contributed by atoms with Crippen LogP contribution in [0, 0.1) is 0 Å². The highest BCUT2D eigenvalue weighted by Crippen LogP contribution is 2.28. The van der Waals surface area contributed by atoms with Gasteiger partial charge in [0.15, 0.2) is 0 Å². The highest BCUT2D eigenvalue weighted by Gasteiger charge is 2.16. The van der Waals surface area contributed by atoms with Crippen molar-refractivity contribution in [3.8, 4) is 11.1 Å². The molecule has 0 bridgehead atoms. The van der Waals surface area contributed by atoms with Crippen molar-refractivity contribution >= 4 is 0 Å². The number of hydrogen-bond donors (Lipinski definition) is 0. The van der Waals surface area contributed by atoms with Crippen LogP contribution in [0.15, 0.2) is 54.6 Å². The Kier molecular flexibility index (Phi) is 5.37. The minimum Gasteiger partial charge on any atom is -0.297 e. The quantitative estimate of drug-likeness (QED) is 0.700. The summed E-state index contributed by atoms with van der Waals surface area (Å²) < 4.78 is 0. The van der Waals surface area contributed by atoms with Gasteiger partial charge < -0.3 is 0 Å². The van der Waals surface area contributed by atoms with E-state index >= 15 is 0 Å². The molecule has 0 saturated heterocycles. The van der Waals surface area contributed by atoms with Crippen molar-refractivity contribution in [1.82, 2.24) is 4.90 Å². The number of hydrogen-bond acceptors (Lipinski definition) is 1. The summed E-state index contributed by atoms with van der Waals surface area (Å²) in [5.41, 5.74) is 4.04. The van der Waals surface area contributed by atoms with E-state index in [-0.39, 0.29) is 0 Å². The van der Waals surface area contributed by atoms with Gasteiger partial charge in [-0.15, -0.1) is 0 Å². The molecule has 0 heterocycles. The third kappa shape index (κ3) is 3.29. The maximum atomic E-state index is 2.53. The normalized spacial score (nSPS) is 12.6. The van der Waals surface area contributed by atoms with Crippen molar-refractivity contribution in [1.29, 1.82) is 0 Å². The molecule has 0 saturated carbocycles. The van der Waals surface area contributed by atoms with Gasteiger partial charge in [-0.1, -0.05) is 69.3 Å². The smallest absolute Gasteiger partial charge is 0.0345 e. The molecule has 0 aromatic heterocycles. The monoisotopic (exact) mass is 267 g/mol. The van der Waals surface area contributed by atoms with Crippen molar-refractivity contribution in [2.24, 2.45) is 0 Å². The van der Waals surface area contributed by atoms with Gasteiger partial charge in [-0.25, -0.2) is 0 Å². The van der Waals surface area contributed by atoms with Crippen molar-refractivity contribution in [3.63, 3.8) is 0 Å². The summed E-state index contributed by atoms with van der Waals surface area (Å²) in [6.07, 6.45) is 1.15. The molecule has 0 aliphatic heterocycles. The fourth-order valence-corrected chi connectivity index (χ4v) is 2.93. The van der Waals surface area contributed by atoms with E-state index < -0.39 is 0 Å². The van der Waals surface area contributed by atoms with Gasteiger partial charge in [0.25, 0.3) is 0 Å². The van der Waals surface area contributed by atoms with Crippen LogP contribution < -0.4 is 0 Å². The molecule has 0 aliphatic carbocycles. The van der Waals surface area contributed by atoms with Crippen LogP contribution in [0.4, 0.5) is 0 Å². The van der Waals surface area contributed by atoms with Crippen molar-refractivity contribution in [3.05, 3.63) is 60.2 Å². The first-order valence-electron chi connectivity index (χ1n) is 7.69. The van der Waals surface area contributed by atoms with Gasteiger partial charge >= 0.3 is 0 Å². The Hall–Kier alpha value is -1.60. The van der Waals surface area contributed by atoms with Crippen LogP contribution in [-0.2, 0) is 0 Å². The molecule has 2 aromatic rings. The summed E-state index contributed by atoms with van der Waals surface area (Å²) in [4.78, 5) is 2.53. The molecule has 20 heavy (non-hydrogen) atoms. The Morgan fingerprint density at radius 2 is 1.45 bits per heavy atom. The molecule has 0 spiro atoms. The summed E-state index contributed by atoms with van der Waals surface area (Å²) in [5.74, 6) is 0. The molecule has 2 rings (SSSR count). The average Bonchev–Trinajstić information content (AvgIpc) is 2.53. The first kappa shape index (κ1) is 14.8. The molecule has 1 atom stereocenters. The summed E-state index contributed by atoms with van der Waals surface area (Å²) in [7, 11) is 0. The van der Waals surface area contributed by atoms with Crippen molar-refractivity contribution < 1.29 is 0 Å². The van der Waals surface area contributed by atoms with E-state index in [0.717, 1.165) is 19.5 Å². The van der Waals surface area contributed by atoms with E-state index in [1.165, 1.54) is 16.7 Å². The van der Waals surface area contributed by atoms with Crippen LogP contribution in [0.25, 0.3) is 11.1 Å². The lowest BCUT2D eigenvalue weighted by molar-refractivity contribution is 0.213. The molecule has 1 heteroatoms. The summed E-state index contributed by atoms with van der Waals surface area (Å²) >= 11 is 0.